The molecular formula is C32H21N5Pt. The van der Waals surface area contributed by atoms with Gasteiger partial charge < -0.3 is 9.13 Å². The van der Waals surface area contributed by atoms with E-state index in [-0.39, 0.29) is 21.1 Å². The van der Waals surface area contributed by atoms with E-state index in [9.17, 15) is 0 Å². The summed E-state index contributed by atoms with van der Waals surface area (Å²) in [7, 11) is 0. The molecule has 0 atom stereocenters. The van der Waals surface area contributed by atoms with E-state index in [1.54, 1.807) is 6.20 Å². The molecule has 8 rings (SSSR count). The third-order valence-electron chi connectivity index (χ3n) is 6.62. The maximum atomic E-state index is 4.64. The van der Waals surface area contributed by atoms with E-state index in [2.05, 4.69) is 103 Å². The Hall–Kier alpha value is -4.34. The predicted molar refractivity (Wildman–Crippen MR) is 149 cm³/mol. The van der Waals surface area contributed by atoms with Crippen molar-refractivity contribution >= 4 is 43.6 Å². The van der Waals surface area contributed by atoms with Gasteiger partial charge in [-0.3, -0.25) is 0 Å². The van der Waals surface area contributed by atoms with Crippen LogP contribution in [0.15, 0.2) is 126 Å². The average molecular weight is 671 g/mol. The van der Waals surface area contributed by atoms with Crippen molar-refractivity contribution in [3.05, 3.63) is 128 Å². The average Bonchev–Trinajstić information content (AvgIpc) is 3.71. The van der Waals surface area contributed by atoms with Gasteiger partial charge in [0.25, 0.3) is 0 Å². The molecule has 4 heterocycles. The van der Waals surface area contributed by atoms with E-state index in [1.807, 2.05) is 42.6 Å². The van der Waals surface area contributed by atoms with Gasteiger partial charge in [0.1, 0.15) is 5.82 Å². The summed E-state index contributed by atoms with van der Waals surface area (Å²) in [6.45, 7) is 0.778. The van der Waals surface area contributed by atoms with E-state index in [0.29, 0.717) is 0 Å². The molecule has 0 fully saturated rings. The largest absolute Gasteiger partial charge is 2.00 e. The van der Waals surface area contributed by atoms with Gasteiger partial charge in [0.2, 0.25) is 0 Å². The molecule has 0 amide bonds. The van der Waals surface area contributed by atoms with E-state index in [1.165, 1.54) is 21.5 Å². The van der Waals surface area contributed by atoms with Crippen LogP contribution in [0.5, 0.6) is 0 Å². The van der Waals surface area contributed by atoms with Crippen molar-refractivity contribution in [3.8, 4) is 11.5 Å². The molecule has 38 heavy (non-hydrogen) atoms. The van der Waals surface area contributed by atoms with E-state index >= 15 is 0 Å². The van der Waals surface area contributed by atoms with Crippen LogP contribution < -0.4 is 0 Å². The SMILES string of the molecule is C1=CN=NC1.[Pt+2].[c-]1cccc2c3ccccc3n(-c3[c-]c4c(cc3)c3ccccc3n4-c3ccccn3)c12. The molecule has 0 radical (unpaired) electrons. The van der Waals surface area contributed by atoms with Gasteiger partial charge in [-0.25, -0.2) is 4.98 Å². The summed E-state index contributed by atoms with van der Waals surface area (Å²) in [5, 5.41) is 11.9. The molecule has 1 aliphatic rings. The maximum absolute atomic E-state index is 4.64. The van der Waals surface area contributed by atoms with Crippen molar-refractivity contribution in [2.24, 2.45) is 10.2 Å². The summed E-state index contributed by atoms with van der Waals surface area (Å²) in [6.07, 6.45) is 5.43. The zero-order chi connectivity index (χ0) is 24.6. The summed E-state index contributed by atoms with van der Waals surface area (Å²) in [5.74, 6) is 0.890. The molecule has 3 aromatic heterocycles. The van der Waals surface area contributed by atoms with Crippen LogP contribution in [0.4, 0.5) is 0 Å². The Morgan fingerprint density at radius 2 is 1.37 bits per heavy atom. The van der Waals surface area contributed by atoms with Crippen LogP contribution in [0.1, 0.15) is 0 Å². The van der Waals surface area contributed by atoms with Crippen LogP contribution in [0.25, 0.3) is 55.1 Å². The molecule has 0 bridgehead atoms. The van der Waals surface area contributed by atoms with Gasteiger partial charge >= 0.3 is 21.1 Å². The van der Waals surface area contributed by atoms with E-state index < -0.39 is 0 Å². The standard InChI is InChI=1S/C29H17N3.C3H4N2.Pt/c1-4-12-25-21(9-1)22-10-2-5-13-26(22)31(25)20-16-17-24-23-11-3-6-14-27(23)32(28(24)19-20)29-15-7-8-18-30-29;1-2-4-5-3-1;/h1-12,14-18H;1-2H,3H2;/q-2;;+2. The van der Waals surface area contributed by atoms with Gasteiger partial charge in [-0.15, -0.1) is 22.9 Å². The van der Waals surface area contributed by atoms with Crippen LogP contribution in [-0.4, -0.2) is 20.7 Å². The molecule has 6 heteroatoms. The smallest absolute Gasteiger partial charge is 0.358 e. The Labute approximate surface area is 234 Å². The molecule has 0 aliphatic carbocycles. The van der Waals surface area contributed by atoms with Gasteiger partial charge in [-0.05, 0) is 41.1 Å². The third kappa shape index (κ3) is 3.96. The number of nitrogens with zero attached hydrogens (tertiary/aromatic N) is 5. The number of hydrogen-bond donors (Lipinski definition) is 0. The van der Waals surface area contributed by atoms with Gasteiger partial charge in [-0.1, -0.05) is 59.2 Å². The fraction of sp³-hybridized carbons (Fsp3) is 0.0312. The molecule has 7 aromatic rings. The van der Waals surface area contributed by atoms with Crippen molar-refractivity contribution in [2.45, 2.75) is 0 Å². The van der Waals surface area contributed by atoms with Crippen LogP contribution >= 0.6 is 0 Å². The van der Waals surface area contributed by atoms with Crippen LogP contribution in [0.2, 0.25) is 0 Å². The van der Waals surface area contributed by atoms with Crippen molar-refractivity contribution in [1.29, 1.82) is 0 Å². The summed E-state index contributed by atoms with van der Waals surface area (Å²) in [6, 6.07) is 40.7. The first-order valence-electron chi connectivity index (χ1n) is 12.2. The van der Waals surface area contributed by atoms with Gasteiger partial charge in [-0.2, -0.15) is 40.6 Å². The van der Waals surface area contributed by atoms with Crippen molar-refractivity contribution < 1.29 is 21.1 Å². The number of pyridine rings is 1. The molecule has 0 saturated heterocycles. The number of benzene rings is 4. The summed E-state index contributed by atoms with van der Waals surface area (Å²) in [5.41, 5.74) is 5.35. The molecule has 5 nitrogen and oxygen atoms in total. The van der Waals surface area contributed by atoms with E-state index in [4.69, 9.17) is 0 Å². The number of azo groups is 1. The third-order valence-corrected chi connectivity index (χ3v) is 6.62. The second kappa shape index (κ2) is 10.2. The van der Waals surface area contributed by atoms with Gasteiger partial charge in [0.15, 0.2) is 0 Å². The molecule has 4 aromatic carbocycles. The first-order valence-corrected chi connectivity index (χ1v) is 12.2. The fourth-order valence-corrected chi connectivity index (χ4v) is 5.07. The Kier molecular flexibility index (Phi) is 6.45. The number of aromatic nitrogens is 3. The molecule has 1 aliphatic heterocycles. The topological polar surface area (TPSA) is 47.5 Å². The molecule has 0 spiro atoms. The molecule has 0 saturated carbocycles. The Morgan fingerprint density at radius 3 is 2.05 bits per heavy atom. The van der Waals surface area contributed by atoms with Crippen molar-refractivity contribution in [1.82, 2.24) is 14.1 Å². The van der Waals surface area contributed by atoms with E-state index in [0.717, 1.165) is 40.1 Å². The summed E-state index contributed by atoms with van der Waals surface area (Å²) < 4.78 is 4.45. The normalized spacial score (nSPS) is 12.2. The maximum Gasteiger partial charge on any atom is 2.00 e. The number of rotatable bonds is 2. The van der Waals surface area contributed by atoms with Crippen LogP contribution in [0.3, 0.4) is 0 Å². The minimum atomic E-state index is 0. The zero-order valence-corrected chi connectivity index (χ0v) is 22.5. The zero-order valence-electron chi connectivity index (χ0n) is 20.2. The number of hydrogen-bond acceptors (Lipinski definition) is 3. The minimum absolute atomic E-state index is 0. The molecule has 0 N–H and O–H groups in total. The van der Waals surface area contributed by atoms with Gasteiger partial charge in [0.05, 0.1) is 6.54 Å². The number of para-hydroxylation sites is 3. The van der Waals surface area contributed by atoms with Crippen molar-refractivity contribution in [3.63, 3.8) is 0 Å². The van der Waals surface area contributed by atoms with Crippen LogP contribution in [-0.2, 0) is 21.1 Å². The summed E-state index contributed by atoms with van der Waals surface area (Å²) in [4.78, 5) is 4.64. The molecule has 184 valence electrons. The monoisotopic (exact) mass is 670 g/mol. The minimum Gasteiger partial charge on any atom is -0.358 e. The Balaban J connectivity index is 0.000000398. The quantitative estimate of drug-likeness (QED) is 0.173. The van der Waals surface area contributed by atoms with Crippen LogP contribution in [0, 0.1) is 12.1 Å². The Morgan fingerprint density at radius 1 is 0.658 bits per heavy atom. The first kappa shape index (κ1) is 24.0. The second-order valence-electron chi connectivity index (χ2n) is 8.76. The molecule has 0 unspecified atom stereocenters. The molecular weight excluding hydrogens is 649 g/mol. The summed E-state index contributed by atoms with van der Waals surface area (Å²) >= 11 is 0. The fourth-order valence-electron chi connectivity index (χ4n) is 5.07. The number of fused-ring (bicyclic) bond motifs is 6. The van der Waals surface area contributed by atoms with Gasteiger partial charge in [0, 0.05) is 23.4 Å². The Bertz CT molecular complexity index is 1900. The van der Waals surface area contributed by atoms with Crippen molar-refractivity contribution in [2.75, 3.05) is 6.54 Å². The predicted octanol–water partition coefficient (Wildman–Crippen LogP) is 7.84. The first-order chi connectivity index (χ1) is 18.4. The second-order valence-corrected chi connectivity index (χ2v) is 8.76.